The predicted molar refractivity (Wildman–Crippen MR) is 54.6 cm³/mol. The second-order valence-corrected chi connectivity index (χ2v) is 3.38. The Morgan fingerprint density at radius 2 is 1.18 bits per heavy atom. The normalized spacial score (nSPS) is 13.8. The highest BCUT2D eigenvalue weighted by Gasteiger charge is 2.15. The first-order chi connectivity index (χ1) is 4.46. The zero-order valence-electron chi connectivity index (χ0n) is 8.16. The summed E-state index contributed by atoms with van der Waals surface area (Å²) in [6.45, 7) is 10.7. The Labute approximate surface area is 78.4 Å². The standard InChI is InChI=1S/C8H18BN.ClH/c1-6(2)10(7(3)4)8(5)9;/h6-8H,1-5H3;1H. The van der Waals surface area contributed by atoms with E-state index in [-0.39, 0.29) is 18.3 Å². The molecule has 2 radical (unpaired) electrons. The molecule has 0 aliphatic carbocycles. The van der Waals surface area contributed by atoms with Crippen molar-refractivity contribution in [2.24, 2.45) is 0 Å². The Morgan fingerprint density at radius 3 is 1.18 bits per heavy atom. The Balaban J connectivity index is 0. The molecule has 1 atom stereocenters. The lowest BCUT2D eigenvalue weighted by Gasteiger charge is -2.34. The van der Waals surface area contributed by atoms with Crippen molar-refractivity contribution >= 4 is 20.3 Å². The van der Waals surface area contributed by atoms with Crippen LogP contribution >= 0.6 is 12.4 Å². The molecule has 66 valence electrons. The summed E-state index contributed by atoms with van der Waals surface area (Å²) < 4.78 is 0. The summed E-state index contributed by atoms with van der Waals surface area (Å²) in [5, 5.41) is 0. The van der Waals surface area contributed by atoms with E-state index in [2.05, 4.69) is 32.6 Å². The minimum atomic E-state index is 0. The van der Waals surface area contributed by atoms with Gasteiger partial charge in [-0.05, 0) is 33.6 Å². The van der Waals surface area contributed by atoms with Crippen LogP contribution in [0.4, 0.5) is 0 Å². The van der Waals surface area contributed by atoms with Gasteiger partial charge < -0.3 is 4.90 Å². The highest BCUT2D eigenvalue weighted by molar-refractivity contribution is 6.11. The number of nitrogens with zero attached hydrogens (tertiary/aromatic N) is 1. The molecular weight excluding hydrogens is 156 g/mol. The average Bonchev–Trinajstić information content (AvgIpc) is 1.59. The van der Waals surface area contributed by atoms with Gasteiger partial charge in [-0.3, -0.25) is 0 Å². The predicted octanol–water partition coefficient (Wildman–Crippen LogP) is 2.04. The van der Waals surface area contributed by atoms with E-state index in [4.69, 9.17) is 7.85 Å². The zero-order valence-corrected chi connectivity index (χ0v) is 8.98. The lowest BCUT2D eigenvalue weighted by Crippen LogP contribution is -2.43. The molecule has 0 N–H and O–H groups in total. The van der Waals surface area contributed by atoms with Crippen molar-refractivity contribution in [2.75, 3.05) is 0 Å². The van der Waals surface area contributed by atoms with E-state index in [0.29, 0.717) is 12.1 Å². The fourth-order valence-corrected chi connectivity index (χ4v) is 1.54. The molecule has 0 heterocycles. The average molecular weight is 176 g/mol. The minimum absolute atomic E-state index is 0. The molecule has 1 unspecified atom stereocenters. The number of rotatable bonds is 3. The molecule has 0 bridgehead atoms. The number of hydrogen-bond acceptors (Lipinski definition) is 1. The van der Waals surface area contributed by atoms with Gasteiger partial charge in [-0.25, -0.2) is 0 Å². The molecular formula is C8H19BClN. The van der Waals surface area contributed by atoms with Crippen LogP contribution in [0.15, 0.2) is 0 Å². The highest BCUT2D eigenvalue weighted by atomic mass is 35.5. The Bertz CT molecular complexity index is 75.1. The maximum Gasteiger partial charge on any atom is 0.0906 e. The molecule has 0 saturated heterocycles. The van der Waals surface area contributed by atoms with Crippen LogP contribution in [-0.2, 0) is 0 Å². The summed E-state index contributed by atoms with van der Waals surface area (Å²) in [5.74, 6) is 0.167. The third-order valence-electron chi connectivity index (χ3n) is 1.66. The van der Waals surface area contributed by atoms with Crippen LogP contribution in [0.1, 0.15) is 34.6 Å². The topological polar surface area (TPSA) is 3.24 Å². The van der Waals surface area contributed by atoms with Gasteiger partial charge in [0.1, 0.15) is 0 Å². The summed E-state index contributed by atoms with van der Waals surface area (Å²) in [5.41, 5.74) is 0. The molecule has 3 heteroatoms. The van der Waals surface area contributed by atoms with E-state index in [9.17, 15) is 0 Å². The molecule has 0 aliphatic rings. The SMILES string of the molecule is Cl.[B]C(C)N(C(C)C)C(C)C. The summed E-state index contributed by atoms with van der Waals surface area (Å²) >= 11 is 0. The fraction of sp³-hybridized carbons (Fsp3) is 1.00. The van der Waals surface area contributed by atoms with Crippen molar-refractivity contribution in [1.29, 1.82) is 0 Å². The van der Waals surface area contributed by atoms with Crippen molar-refractivity contribution in [2.45, 2.75) is 52.6 Å². The van der Waals surface area contributed by atoms with Crippen LogP contribution in [-0.4, -0.2) is 30.8 Å². The lowest BCUT2D eigenvalue weighted by atomic mass is 9.94. The smallest absolute Gasteiger partial charge is 0.0906 e. The van der Waals surface area contributed by atoms with Crippen LogP contribution in [0.25, 0.3) is 0 Å². The first-order valence-electron chi connectivity index (χ1n) is 3.99. The molecule has 0 aromatic carbocycles. The van der Waals surface area contributed by atoms with Crippen molar-refractivity contribution in [3.8, 4) is 0 Å². The van der Waals surface area contributed by atoms with Crippen molar-refractivity contribution < 1.29 is 0 Å². The van der Waals surface area contributed by atoms with E-state index in [1.807, 2.05) is 6.92 Å². The van der Waals surface area contributed by atoms with Gasteiger partial charge in [-0.1, -0.05) is 6.92 Å². The quantitative estimate of drug-likeness (QED) is 0.594. The van der Waals surface area contributed by atoms with Crippen molar-refractivity contribution in [1.82, 2.24) is 4.90 Å². The van der Waals surface area contributed by atoms with Crippen LogP contribution in [0.3, 0.4) is 0 Å². The monoisotopic (exact) mass is 175 g/mol. The molecule has 0 amide bonds. The number of halogens is 1. The van der Waals surface area contributed by atoms with Crippen LogP contribution in [0.2, 0.25) is 0 Å². The maximum atomic E-state index is 5.76. The first-order valence-corrected chi connectivity index (χ1v) is 3.99. The molecule has 1 nitrogen and oxygen atoms in total. The van der Waals surface area contributed by atoms with Gasteiger partial charge >= 0.3 is 0 Å². The summed E-state index contributed by atoms with van der Waals surface area (Å²) in [6.07, 6.45) is 0. The lowest BCUT2D eigenvalue weighted by molar-refractivity contribution is 0.164. The van der Waals surface area contributed by atoms with Crippen LogP contribution < -0.4 is 0 Å². The Kier molecular flexibility index (Phi) is 7.44. The van der Waals surface area contributed by atoms with E-state index >= 15 is 0 Å². The molecule has 0 saturated carbocycles. The van der Waals surface area contributed by atoms with E-state index < -0.39 is 0 Å². The van der Waals surface area contributed by atoms with E-state index in [1.165, 1.54) is 0 Å². The van der Waals surface area contributed by atoms with Gasteiger partial charge in [0.05, 0.1) is 7.85 Å². The molecule has 11 heavy (non-hydrogen) atoms. The van der Waals surface area contributed by atoms with Crippen LogP contribution in [0.5, 0.6) is 0 Å². The maximum absolute atomic E-state index is 5.76. The minimum Gasteiger partial charge on any atom is -0.305 e. The fourth-order valence-electron chi connectivity index (χ4n) is 1.54. The second kappa shape index (κ2) is 5.90. The van der Waals surface area contributed by atoms with E-state index in [0.717, 1.165) is 0 Å². The Morgan fingerprint density at radius 1 is 0.909 bits per heavy atom. The van der Waals surface area contributed by atoms with Gasteiger partial charge in [0, 0.05) is 12.1 Å². The van der Waals surface area contributed by atoms with E-state index in [1.54, 1.807) is 0 Å². The molecule has 0 aromatic rings. The van der Waals surface area contributed by atoms with Gasteiger partial charge in [0.15, 0.2) is 0 Å². The molecule has 0 aliphatic heterocycles. The summed E-state index contributed by atoms with van der Waals surface area (Å²) in [6, 6.07) is 1.08. The zero-order chi connectivity index (χ0) is 8.31. The van der Waals surface area contributed by atoms with Crippen molar-refractivity contribution in [3.63, 3.8) is 0 Å². The van der Waals surface area contributed by atoms with Gasteiger partial charge in [0.2, 0.25) is 0 Å². The summed E-state index contributed by atoms with van der Waals surface area (Å²) in [4.78, 5) is 2.28. The van der Waals surface area contributed by atoms with Gasteiger partial charge in [0.25, 0.3) is 0 Å². The third kappa shape index (κ3) is 4.70. The molecule has 0 aromatic heterocycles. The third-order valence-corrected chi connectivity index (χ3v) is 1.66. The largest absolute Gasteiger partial charge is 0.305 e. The number of hydrogen-bond donors (Lipinski definition) is 0. The second-order valence-electron chi connectivity index (χ2n) is 3.38. The first kappa shape index (κ1) is 13.9. The highest BCUT2D eigenvalue weighted by Crippen LogP contribution is 2.07. The molecule has 0 rings (SSSR count). The Hall–Kier alpha value is 0.315. The summed E-state index contributed by atoms with van der Waals surface area (Å²) in [7, 11) is 5.76. The van der Waals surface area contributed by atoms with Gasteiger partial charge in [-0.15, -0.1) is 12.4 Å². The molecule has 0 fully saturated rings. The molecule has 0 spiro atoms. The van der Waals surface area contributed by atoms with Crippen molar-refractivity contribution in [3.05, 3.63) is 0 Å². The van der Waals surface area contributed by atoms with Crippen LogP contribution in [0, 0.1) is 0 Å². The van der Waals surface area contributed by atoms with Gasteiger partial charge in [-0.2, -0.15) is 0 Å².